The first-order valence-electron chi connectivity index (χ1n) is 11.7. The van der Waals surface area contributed by atoms with Crippen LogP contribution in [0.5, 0.6) is 0 Å². The Kier molecular flexibility index (Phi) is 7.78. The highest BCUT2D eigenvalue weighted by atomic mass is 35.5. The fourth-order valence-electron chi connectivity index (χ4n) is 4.66. The third-order valence-electron chi connectivity index (χ3n) is 6.46. The Morgan fingerprint density at radius 1 is 1.03 bits per heavy atom. The van der Waals surface area contributed by atoms with E-state index in [9.17, 15) is 18.0 Å². The van der Waals surface area contributed by atoms with Crippen molar-refractivity contribution in [1.29, 1.82) is 0 Å². The van der Waals surface area contributed by atoms with Gasteiger partial charge in [-0.25, -0.2) is 8.42 Å². The first kappa shape index (κ1) is 26.3. The monoisotopic (exact) mass is 547 g/mol. The van der Waals surface area contributed by atoms with Crippen molar-refractivity contribution >= 4 is 61.5 Å². The average molecular weight is 548 g/mol. The number of nitrogens with one attached hydrogen (secondary N) is 1. The van der Waals surface area contributed by atoms with Crippen molar-refractivity contribution in [2.75, 3.05) is 17.9 Å². The number of hydrogen-bond donors (Lipinski definition) is 1. The molecule has 2 amide bonds. The summed E-state index contributed by atoms with van der Waals surface area (Å²) in [5.41, 5.74) is 1.17. The summed E-state index contributed by atoms with van der Waals surface area (Å²) < 4.78 is 27.8. The van der Waals surface area contributed by atoms with Gasteiger partial charge in [0.15, 0.2) is 0 Å². The molecule has 1 unspecified atom stereocenters. The number of rotatable bonds is 9. The number of hydrogen-bond acceptors (Lipinski definition) is 4. The Labute approximate surface area is 221 Å². The number of benzene rings is 3. The SMILES string of the molecule is CCC(C(=O)NC)N(Cc1c(Cl)cccc1Cl)C(=O)CCCN1c2cccc3cccc(c23)S1(=O)=O. The van der Waals surface area contributed by atoms with Gasteiger partial charge in [-0.3, -0.25) is 13.9 Å². The molecule has 0 bridgehead atoms. The van der Waals surface area contributed by atoms with Crippen LogP contribution < -0.4 is 9.62 Å². The molecule has 190 valence electrons. The molecule has 4 rings (SSSR count). The van der Waals surface area contributed by atoms with Gasteiger partial charge in [-0.2, -0.15) is 0 Å². The number of carbonyl (C=O) groups excluding carboxylic acids is 2. The van der Waals surface area contributed by atoms with Gasteiger partial charge in [0, 0.05) is 47.6 Å². The third kappa shape index (κ3) is 4.77. The van der Waals surface area contributed by atoms with Crippen LogP contribution in [0, 0.1) is 0 Å². The fourth-order valence-corrected chi connectivity index (χ4v) is 6.92. The molecular weight excluding hydrogens is 521 g/mol. The summed E-state index contributed by atoms with van der Waals surface area (Å²) in [5.74, 6) is -0.577. The van der Waals surface area contributed by atoms with E-state index in [4.69, 9.17) is 23.2 Å². The summed E-state index contributed by atoms with van der Waals surface area (Å²) >= 11 is 12.7. The fraction of sp³-hybridized carbons (Fsp3) is 0.308. The van der Waals surface area contributed by atoms with Crippen molar-refractivity contribution in [3.63, 3.8) is 0 Å². The Morgan fingerprint density at radius 3 is 2.31 bits per heavy atom. The van der Waals surface area contributed by atoms with Crippen LogP contribution in [0.1, 0.15) is 31.7 Å². The Bertz CT molecular complexity index is 1400. The molecule has 1 aliphatic rings. The number of anilines is 1. The smallest absolute Gasteiger partial charge is 0.265 e. The molecule has 3 aromatic carbocycles. The van der Waals surface area contributed by atoms with Crippen molar-refractivity contribution in [2.24, 2.45) is 0 Å². The zero-order valence-electron chi connectivity index (χ0n) is 20.0. The van der Waals surface area contributed by atoms with Gasteiger partial charge in [-0.1, -0.05) is 60.5 Å². The summed E-state index contributed by atoms with van der Waals surface area (Å²) in [7, 11) is -2.18. The van der Waals surface area contributed by atoms with Gasteiger partial charge < -0.3 is 10.2 Å². The number of amides is 2. The van der Waals surface area contributed by atoms with Gasteiger partial charge in [0.1, 0.15) is 6.04 Å². The predicted octanol–water partition coefficient (Wildman–Crippen LogP) is 4.99. The molecular formula is C26H27Cl2N3O4S. The Hall–Kier alpha value is -2.81. The van der Waals surface area contributed by atoms with Gasteiger partial charge in [0.25, 0.3) is 10.0 Å². The van der Waals surface area contributed by atoms with Gasteiger partial charge >= 0.3 is 0 Å². The zero-order chi connectivity index (χ0) is 26.0. The van der Waals surface area contributed by atoms with E-state index in [1.165, 1.54) is 16.3 Å². The summed E-state index contributed by atoms with van der Waals surface area (Å²) in [5, 5.41) is 4.97. The topological polar surface area (TPSA) is 86.8 Å². The Morgan fingerprint density at radius 2 is 1.67 bits per heavy atom. The van der Waals surface area contributed by atoms with Gasteiger partial charge in [-0.05, 0) is 42.5 Å². The molecule has 1 atom stereocenters. The normalized spacial score (nSPS) is 14.6. The molecule has 3 aromatic rings. The minimum absolute atomic E-state index is 0.0495. The predicted molar refractivity (Wildman–Crippen MR) is 143 cm³/mol. The summed E-state index contributed by atoms with van der Waals surface area (Å²) in [4.78, 5) is 27.8. The molecule has 0 radical (unpaired) electrons. The molecule has 1 N–H and O–H groups in total. The lowest BCUT2D eigenvalue weighted by atomic mass is 10.1. The van der Waals surface area contributed by atoms with Crippen LogP contribution >= 0.6 is 23.2 Å². The molecule has 7 nitrogen and oxygen atoms in total. The zero-order valence-corrected chi connectivity index (χ0v) is 22.3. The van der Waals surface area contributed by atoms with Crippen LogP contribution in [-0.2, 0) is 26.2 Å². The van der Waals surface area contributed by atoms with Crippen molar-refractivity contribution in [1.82, 2.24) is 10.2 Å². The second-order valence-electron chi connectivity index (χ2n) is 8.57. The molecule has 1 aliphatic heterocycles. The van der Waals surface area contributed by atoms with E-state index in [1.807, 2.05) is 25.1 Å². The van der Waals surface area contributed by atoms with Crippen LogP contribution in [-0.4, -0.2) is 44.8 Å². The largest absolute Gasteiger partial charge is 0.357 e. The van der Waals surface area contributed by atoms with Crippen molar-refractivity contribution in [2.45, 2.75) is 43.7 Å². The highest BCUT2D eigenvalue weighted by molar-refractivity contribution is 7.93. The molecule has 0 saturated carbocycles. The van der Waals surface area contributed by atoms with Gasteiger partial charge in [0.2, 0.25) is 11.8 Å². The quantitative estimate of drug-likeness (QED) is 0.408. The molecule has 0 spiro atoms. The van der Waals surface area contributed by atoms with Crippen LogP contribution in [0.4, 0.5) is 5.69 Å². The van der Waals surface area contributed by atoms with Crippen LogP contribution in [0.3, 0.4) is 0 Å². The molecule has 0 aromatic heterocycles. The van der Waals surface area contributed by atoms with Crippen LogP contribution in [0.15, 0.2) is 59.5 Å². The molecule has 0 aliphatic carbocycles. The summed E-state index contributed by atoms with van der Waals surface area (Å²) in [6.45, 7) is 2.03. The lowest BCUT2D eigenvalue weighted by molar-refractivity contribution is -0.141. The summed E-state index contributed by atoms with van der Waals surface area (Å²) in [6, 6.07) is 15.1. The first-order valence-corrected chi connectivity index (χ1v) is 13.9. The number of halogens is 2. The van der Waals surface area contributed by atoms with E-state index >= 15 is 0 Å². The minimum Gasteiger partial charge on any atom is -0.357 e. The van der Waals surface area contributed by atoms with E-state index in [0.29, 0.717) is 33.1 Å². The molecule has 0 saturated heterocycles. The maximum absolute atomic E-state index is 13.4. The lowest BCUT2D eigenvalue weighted by Crippen LogP contribution is -2.48. The first-order chi connectivity index (χ1) is 17.2. The highest BCUT2D eigenvalue weighted by Crippen LogP contribution is 2.42. The van der Waals surface area contributed by atoms with E-state index < -0.39 is 16.1 Å². The van der Waals surface area contributed by atoms with Gasteiger partial charge in [-0.15, -0.1) is 0 Å². The number of sulfonamides is 1. The van der Waals surface area contributed by atoms with Gasteiger partial charge in [0.05, 0.1) is 10.6 Å². The minimum atomic E-state index is -3.71. The lowest BCUT2D eigenvalue weighted by Gasteiger charge is -2.31. The summed E-state index contributed by atoms with van der Waals surface area (Å²) in [6.07, 6.45) is 0.721. The Balaban J connectivity index is 1.55. The molecule has 10 heteroatoms. The highest BCUT2D eigenvalue weighted by Gasteiger charge is 2.35. The van der Waals surface area contributed by atoms with Crippen LogP contribution in [0.25, 0.3) is 10.8 Å². The molecule has 0 fully saturated rings. The number of likely N-dealkylation sites (N-methyl/N-ethyl adjacent to an activating group) is 1. The van der Waals surface area contributed by atoms with Crippen LogP contribution in [0.2, 0.25) is 10.0 Å². The number of nitrogens with zero attached hydrogens (tertiary/aromatic N) is 2. The molecule has 36 heavy (non-hydrogen) atoms. The third-order valence-corrected chi connectivity index (χ3v) is 9.02. The standard InChI is InChI=1S/C26H27Cl2N3O4S/c1-3-21(26(33)29-2)30(16-18-19(27)10-6-11-20(18)28)24(32)14-7-15-31-22-12-4-8-17-9-5-13-23(25(17)22)36(31,34)35/h4-6,8-13,21H,3,7,14-16H2,1-2H3,(H,29,33). The average Bonchev–Trinajstić information content (AvgIpc) is 3.08. The van der Waals surface area contributed by atoms with E-state index in [2.05, 4.69) is 5.32 Å². The maximum atomic E-state index is 13.4. The van der Waals surface area contributed by atoms with Crippen molar-refractivity contribution < 1.29 is 18.0 Å². The van der Waals surface area contributed by atoms with E-state index in [-0.39, 0.29) is 42.6 Å². The second-order valence-corrected chi connectivity index (χ2v) is 11.2. The van der Waals surface area contributed by atoms with E-state index in [0.717, 1.165) is 5.39 Å². The van der Waals surface area contributed by atoms with Crippen molar-refractivity contribution in [3.05, 3.63) is 70.2 Å². The number of carbonyl (C=O) groups is 2. The molecule has 1 heterocycles. The maximum Gasteiger partial charge on any atom is 0.265 e. The van der Waals surface area contributed by atoms with E-state index in [1.54, 1.807) is 36.4 Å². The second kappa shape index (κ2) is 10.7. The van der Waals surface area contributed by atoms with Crippen molar-refractivity contribution in [3.8, 4) is 0 Å².